The number of carbonyl (C=O) groups excluding carboxylic acids is 1. The predicted molar refractivity (Wildman–Crippen MR) is 137 cm³/mol. The van der Waals surface area contributed by atoms with Gasteiger partial charge in [-0.15, -0.1) is 0 Å². The molecule has 36 heavy (non-hydrogen) atoms. The zero-order valence-corrected chi connectivity index (χ0v) is 21.1. The Hall–Kier alpha value is -3.34. The van der Waals surface area contributed by atoms with E-state index in [1.54, 1.807) is 18.1 Å². The van der Waals surface area contributed by atoms with Gasteiger partial charge in [-0.05, 0) is 54.8 Å². The van der Waals surface area contributed by atoms with Crippen LogP contribution in [0, 0.1) is 5.82 Å². The summed E-state index contributed by atoms with van der Waals surface area (Å²) in [4.78, 5) is 20.2. The molecule has 4 aromatic rings. The van der Waals surface area contributed by atoms with Gasteiger partial charge in [0.25, 0.3) is 0 Å². The Bertz CT molecular complexity index is 1490. The van der Waals surface area contributed by atoms with Crippen LogP contribution in [0.1, 0.15) is 18.4 Å². The summed E-state index contributed by atoms with van der Waals surface area (Å²) in [5, 5.41) is 0.484. The minimum Gasteiger partial charge on any atom is -0.497 e. The zero-order valence-electron chi connectivity index (χ0n) is 19.5. The van der Waals surface area contributed by atoms with E-state index >= 15 is 0 Å². The second-order valence-electron chi connectivity index (χ2n) is 8.47. The lowest BCUT2D eigenvalue weighted by atomic mass is 10.1. The molecule has 7 nitrogen and oxygen atoms in total. The molecule has 1 atom stereocenters. The number of carbonyl (C=O) groups is 1. The summed E-state index contributed by atoms with van der Waals surface area (Å²) in [6, 6.07) is 18.8. The molecule has 2 heterocycles. The fraction of sp³-hybridized carbons (Fsp3) is 0.231. The fourth-order valence-electron chi connectivity index (χ4n) is 4.34. The van der Waals surface area contributed by atoms with Crippen molar-refractivity contribution in [3.8, 4) is 5.75 Å². The lowest BCUT2D eigenvalue weighted by Gasteiger charge is -2.28. The van der Waals surface area contributed by atoms with Crippen LogP contribution < -0.4 is 9.64 Å². The van der Waals surface area contributed by atoms with E-state index in [1.165, 1.54) is 27.8 Å². The molecule has 186 valence electrons. The molecule has 0 radical (unpaired) electrons. The molecule has 3 aromatic carbocycles. The molecule has 1 aliphatic heterocycles. The molecular formula is C26H24FN3O4S2. The number of fused-ring (bicyclic) bond motifs is 1. The minimum absolute atomic E-state index is 0.0368. The highest BCUT2D eigenvalue weighted by Gasteiger charge is 2.42. The maximum Gasteiger partial charge on any atom is 0.247 e. The number of hydrogen-bond donors (Lipinski definition) is 0. The highest BCUT2D eigenvalue weighted by atomic mass is 32.2. The second-order valence-corrected chi connectivity index (χ2v) is 11.4. The van der Waals surface area contributed by atoms with Crippen molar-refractivity contribution in [2.24, 2.45) is 0 Å². The molecule has 0 spiro atoms. The molecular weight excluding hydrogens is 501 g/mol. The van der Waals surface area contributed by atoms with E-state index in [0.29, 0.717) is 29.2 Å². The Morgan fingerprint density at radius 3 is 2.61 bits per heavy atom. The third kappa shape index (κ3) is 4.71. The first-order valence-corrected chi connectivity index (χ1v) is 13.7. The molecule has 0 saturated carbocycles. The predicted octanol–water partition coefficient (Wildman–Crippen LogP) is 4.83. The summed E-state index contributed by atoms with van der Waals surface area (Å²) < 4.78 is 47.6. The lowest BCUT2D eigenvalue weighted by molar-refractivity contribution is -0.121. The lowest BCUT2D eigenvalue weighted by Crippen LogP contribution is -2.47. The number of halogens is 1. The van der Waals surface area contributed by atoms with Gasteiger partial charge in [0, 0.05) is 12.6 Å². The van der Waals surface area contributed by atoms with Gasteiger partial charge in [0.15, 0.2) is 5.13 Å². The fourth-order valence-corrected chi connectivity index (χ4v) is 6.94. The standard InChI is InChI=1S/C26H24FN3O4S2/c1-34-20-11-14-24-22(16-20)28-26(35-24)29(17-18-6-3-2-4-7-18)25(31)23-8-5-15-30(23)36(32,33)21-12-9-19(27)10-13-21/h2-4,6-7,9-14,16,23H,5,8,15,17H2,1H3. The van der Waals surface area contributed by atoms with Crippen molar-refractivity contribution in [3.63, 3.8) is 0 Å². The van der Waals surface area contributed by atoms with Gasteiger partial charge in [0.2, 0.25) is 15.9 Å². The number of thiazole rings is 1. The van der Waals surface area contributed by atoms with E-state index in [-0.39, 0.29) is 23.9 Å². The van der Waals surface area contributed by atoms with E-state index in [9.17, 15) is 17.6 Å². The van der Waals surface area contributed by atoms with E-state index in [0.717, 1.165) is 22.4 Å². The third-order valence-corrected chi connectivity index (χ3v) is 9.15. The second kappa shape index (κ2) is 9.96. The first-order valence-electron chi connectivity index (χ1n) is 11.4. The minimum atomic E-state index is -3.99. The van der Waals surface area contributed by atoms with Crippen LogP contribution in [0.15, 0.2) is 77.7 Å². The van der Waals surface area contributed by atoms with Gasteiger partial charge in [0.1, 0.15) is 17.6 Å². The number of ether oxygens (including phenoxy) is 1. The highest BCUT2D eigenvalue weighted by Crippen LogP contribution is 2.34. The van der Waals surface area contributed by atoms with Gasteiger partial charge in [-0.25, -0.2) is 17.8 Å². The molecule has 0 N–H and O–H groups in total. The Morgan fingerprint density at radius 1 is 1.14 bits per heavy atom. The van der Waals surface area contributed by atoms with E-state index < -0.39 is 21.9 Å². The van der Waals surface area contributed by atoms with Gasteiger partial charge in [-0.2, -0.15) is 4.31 Å². The molecule has 0 aliphatic carbocycles. The summed E-state index contributed by atoms with van der Waals surface area (Å²) in [5.41, 5.74) is 1.59. The Balaban J connectivity index is 1.52. The summed E-state index contributed by atoms with van der Waals surface area (Å²) in [6.07, 6.45) is 0.941. The van der Waals surface area contributed by atoms with Gasteiger partial charge >= 0.3 is 0 Å². The number of benzene rings is 3. The monoisotopic (exact) mass is 525 g/mol. The Morgan fingerprint density at radius 2 is 1.89 bits per heavy atom. The van der Waals surface area contributed by atoms with Crippen LogP contribution in [0.25, 0.3) is 10.2 Å². The average Bonchev–Trinajstić information content (AvgIpc) is 3.55. The highest BCUT2D eigenvalue weighted by molar-refractivity contribution is 7.89. The molecule has 1 unspecified atom stereocenters. The zero-order chi connectivity index (χ0) is 25.3. The van der Waals surface area contributed by atoms with Crippen molar-refractivity contribution in [1.82, 2.24) is 9.29 Å². The van der Waals surface area contributed by atoms with Crippen LogP contribution in [-0.4, -0.2) is 43.3 Å². The van der Waals surface area contributed by atoms with Crippen LogP contribution >= 0.6 is 11.3 Å². The number of amides is 1. The van der Waals surface area contributed by atoms with Crippen molar-refractivity contribution >= 4 is 42.6 Å². The number of anilines is 1. The number of nitrogens with zero attached hydrogens (tertiary/aromatic N) is 3. The van der Waals surface area contributed by atoms with Crippen LogP contribution in [-0.2, 0) is 21.4 Å². The van der Waals surface area contributed by atoms with Crippen molar-refractivity contribution in [1.29, 1.82) is 0 Å². The van der Waals surface area contributed by atoms with Gasteiger partial charge in [-0.1, -0.05) is 41.7 Å². The summed E-state index contributed by atoms with van der Waals surface area (Å²) in [7, 11) is -2.41. The first-order chi connectivity index (χ1) is 17.4. The van der Waals surface area contributed by atoms with Crippen molar-refractivity contribution < 1.29 is 22.3 Å². The number of hydrogen-bond acceptors (Lipinski definition) is 6. The maximum absolute atomic E-state index is 14.0. The van der Waals surface area contributed by atoms with E-state index in [1.807, 2.05) is 42.5 Å². The Labute approximate surface area is 212 Å². The van der Waals surface area contributed by atoms with Gasteiger partial charge in [-0.3, -0.25) is 9.69 Å². The molecule has 1 saturated heterocycles. The first kappa shape index (κ1) is 24.4. The van der Waals surface area contributed by atoms with Crippen LogP contribution in [0.2, 0.25) is 0 Å². The average molecular weight is 526 g/mol. The quantitative estimate of drug-likeness (QED) is 0.345. The molecule has 5 rings (SSSR count). The number of methoxy groups -OCH3 is 1. The van der Waals surface area contributed by atoms with Crippen molar-refractivity contribution in [3.05, 3.63) is 84.2 Å². The smallest absolute Gasteiger partial charge is 0.247 e. The molecule has 1 aromatic heterocycles. The molecule has 1 amide bonds. The topological polar surface area (TPSA) is 79.8 Å². The normalized spacial score (nSPS) is 16.3. The van der Waals surface area contributed by atoms with E-state index in [4.69, 9.17) is 9.72 Å². The largest absolute Gasteiger partial charge is 0.497 e. The molecule has 1 fully saturated rings. The van der Waals surface area contributed by atoms with Crippen LogP contribution in [0.5, 0.6) is 5.75 Å². The molecule has 0 bridgehead atoms. The number of rotatable bonds is 7. The van der Waals surface area contributed by atoms with Crippen LogP contribution in [0.4, 0.5) is 9.52 Å². The Kier molecular flexibility index (Phi) is 6.74. The summed E-state index contributed by atoms with van der Waals surface area (Å²) in [6.45, 7) is 0.462. The maximum atomic E-state index is 14.0. The number of sulfonamides is 1. The van der Waals surface area contributed by atoms with Gasteiger partial charge < -0.3 is 4.74 Å². The molecule has 10 heteroatoms. The number of aromatic nitrogens is 1. The van der Waals surface area contributed by atoms with Gasteiger partial charge in [0.05, 0.1) is 28.8 Å². The summed E-state index contributed by atoms with van der Waals surface area (Å²) in [5.74, 6) is -0.204. The van der Waals surface area contributed by atoms with E-state index in [2.05, 4.69) is 0 Å². The SMILES string of the molecule is COc1ccc2sc(N(Cc3ccccc3)C(=O)C3CCCN3S(=O)(=O)c3ccc(F)cc3)nc2c1. The van der Waals surface area contributed by atoms with Crippen LogP contribution in [0.3, 0.4) is 0 Å². The third-order valence-electron chi connectivity index (χ3n) is 6.17. The molecule has 1 aliphatic rings. The van der Waals surface area contributed by atoms with Crippen molar-refractivity contribution in [2.45, 2.75) is 30.3 Å². The summed E-state index contributed by atoms with van der Waals surface area (Å²) >= 11 is 1.37. The van der Waals surface area contributed by atoms with Crippen molar-refractivity contribution in [2.75, 3.05) is 18.6 Å².